The van der Waals surface area contributed by atoms with Gasteiger partial charge >= 0.3 is 0 Å². The summed E-state index contributed by atoms with van der Waals surface area (Å²) in [7, 11) is 0. The van der Waals surface area contributed by atoms with Crippen LogP contribution >= 0.6 is 11.6 Å². The van der Waals surface area contributed by atoms with Gasteiger partial charge in [0.15, 0.2) is 0 Å². The van der Waals surface area contributed by atoms with Gasteiger partial charge in [-0.1, -0.05) is 11.6 Å². The molecule has 0 spiro atoms. The molecule has 0 atom stereocenters. The first-order valence-corrected chi connectivity index (χ1v) is 8.53. The lowest BCUT2D eigenvalue weighted by Gasteiger charge is -2.35. The maximum atomic E-state index is 6.05. The third-order valence-electron chi connectivity index (χ3n) is 4.63. The molecule has 2 fully saturated rings. The van der Waals surface area contributed by atoms with E-state index in [0.29, 0.717) is 6.10 Å². The van der Waals surface area contributed by atoms with Gasteiger partial charge in [-0.2, -0.15) is 0 Å². The molecule has 0 amide bonds. The minimum absolute atomic E-state index is 0.357. The molecule has 2 aliphatic rings. The van der Waals surface area contributed by atoms with Crippen molar-refractivity contribution in [1.29, 1.82) is 0 Å². The molecule has 4 heteroatoms. The van der Waals surface area contributed by atoms with Gasteiger partial charge in [0.1, 0.15) is 11.9 Å². The molecule has 2 aliphatic heterocycles. The van der Waals surface area contributed by atoms with Crippen LogP contribution in [0.5, 0.6) is 5.75 Å². The normalized spacial score (nSPS) is 22.3. The number of hydrogen-bond acceptors (Lipinski definition) is 3. The number of likely N-dealkylation sites (tertiary alicyclic amines) is 1. The smallest absolute Gasteiger partial charge is 0.119 e. The van der Waals surface area contributed by atoms with Crippen molar-refractivity contribution < 1.29 is 4.74 Å². The number of nitrogens with zero attached hydrogens (tertiary/aromatic N) is 1. The number of benzene rings is 1. The molecule has 1 N–H and O–H groups in total. The molecule has 3 rings (SSSR count). The highest BCUT2D eigenvalue weighted by Crippen LogP contribution is 2.22. The Morgan fingerprint density at radius 3 is 2.38 bits per heavy atom. The van der Waals surface area contributed by atoms with Crippen LogP contribution in [-0.4, -0.2) is 43.7 Å². The maximum absolute atomic E-state index is 6.05. The van der Waals surface area contributed by atoms with Crippen LogP contribution in [0.2, 0.25) is 5.02 Å². The average molecular weight is 309 g/mol. The molecule has 116 valence electrons. The molecule has 2 heterocycles. The number of rotatable bonds is 4. The first kappa shape index (κ1) is 15.1. The van der Waals surface area contributed by atoms with E-state index in [1.807, 2.05) is 24.3 Å². The first-order chi connectivity index (χ1) is 10.3. The second kappa shape index (κ2) is 7.48. The van der Waals surface area contributed by atoms with E-state index in [1.165, 1.54) is 45.6 Å². The van der Waals surface area contributed by atoms with Crippen LogP contribution in [-0.2, 0) is 0 Å². The van der Waals surface area contributed by atoms with E-state index < -0.39 is 0 Å². The molecule has 1 aromatic rings. The zero-order valence-electron chi connectivity index (χ0n) is 12.6. The molecule has 0 unspecified atom stereocenters. The molecule has 21 heavy (non-hydrogen) atoms. The van der Waals surface area contributed by atoms with E-state index in [4.69, 9.17) is 16.3 Å². The van der Waals surface area contributed by atoms with Crippen LogP contribution in [0.15, 0.2) is 24.3 Å². The second-order valence-corrected chi connectivity index (χ2v) is 6.70. The molecule has 0 radical (unpaired) electrons. The van der Waals surface area contributed by atoms with Crippen LogP contribution in [0.25, 0.3) is 0 Å². The summed E-state index contributed by atoms with van der Waals surface area (Å²) in [6.07, 6.45) is 5.29. The fourth-order valence-electron chi connectivity index (χ4n) is 3.34. The first-order valence-electron chi connectivity index (χ1n) is 8.15. The van der Waals surface area contributed by atoms with Crippen molar-refractivity contribution in [3.63, 3.8) is 0 Å². The lowest BCUT2D eigenvalue weighted by molar-refractivity contribution is 0.0873. The molecule has 0 bridgehead atoms. The Morgan fingerprint density at radius 1 is 1.05 bits per heavy atom. The quantitative estimate of drug-likeness (QED) is 0.924. The molecule has 0 aliphatic carbocycles. The van der Waals surface area contributed by atoms with Gasteiger partial charge in [-0.3, -0.25) is 0 Å². The van der Waals surface area contributed by atoms with Gasteiger partial charge < -0.3 is 15.0 Å². The maximum Gasteiger partial charge on any atom is 0.119 e. The summed E-state index contributed by atoms with van der Waals surface area (Å²) in [5.74, 6) is 1.83. The third kappa shape index (κ3) is 4.60. The highest BCUT2D eigenvalue weighted by molar-refractivity contribution is 6.30. The summed E-state index contributed by atoms with van der Waals surface area (Å²) in [6.45, 7) is 6.00. The highest BCUT2D eigenvalue weighted by atomic mass is 35.5. The van der Waals surface area contributed by atoms with Crippen molar-refractivity contribution in [2.45, 2.75) is 31.8 Å². The monoisotopic (exact) mass is 308 g/mol. The van der Waals surface area contributed by atoms with Gasteiger partial charge in [0.05, 0.1) is 0 Å². The Morgan fingerprint density at radius 2 is 1.71 bits per heavy atom. The van der Waals surface area contributed by atoms with Crippen molar-refractivity contribution >= 4 is 11.6 Å². The van der Waals surface area contributed by atoms with E-state index in [0.717, 1.165) is 29.5 Å². The number of piperidine rings is 2. The Kier molecular flexibility index (Phi) is 5.39. The van der Waals surface area contributed by atoms with Crippen molar-refractivity contribution in [3.8, 4) is 5.75 Å². The zero-order chi connectivity index (χ0) is 14.5. The van der Waals surface area contributed by atoms with Gasteiger partial charge in [0.2, 0.25) is 0 Å². The van der Waals surface area contributed by atoms with Crippen LogP contribution in [0.1, 0.15) is 25.7 Å². The van der Waals surface area contributed by atoms with Crippen molar-refractivity contribution in [3.05, 3.63) is 29.3 Å². The predicted octanol–water partition coefficient (Wildman–Crippen LogP) is 3.18. The molecule has 3 nitrogen and oxygen atoms in total. The molecule has 0 aromatic heterocycles. The Balaban J connectivity index is 1.41. The minimum Gasteiger partial charge on any atom is -0.490 e. The fourth-order valence-corrected chi connectivity index (χ4v) is 3.47. The lowest BCUT2D eigenvalue weighted by Crippen LogP contribution is -2.42. The van der Waals surface area contributed by atoms with E-state index in [9.17, 15) is 0 Å². The van der Waals surface area contributed by atoms with Crippen molar-refractivity contribution in [2.75, 3.05) is 32.7 Å². The number of ether oxygens (including phenoxy) is 1. The van der Waals surface area contributed by atoms with Crippen LogP contribution < -0.4 is 10.1 Å². The molecular weight excluding hydrogens is 284 g/mol. The van der Waals surface area contributed by atoms with E-state index in [2.05, 4.69) is 10.2 Å². The fraction of sp³-hybridized carbons (Fsp3) is 0.647. The van der Waals surface area contributed by atoms with Crippen LogP contribution in [0.4, 0.5) is 0 Å². The number of halogens is 1. The zero-order valence-corrected chi connectivity index (χ0v) is 13.3. The standard InChI is InChI=1S/C17H25ClN2O/c18-15-1-3-16(4-2-15)21-17-7-11-20(12-8-17)13-14-5-9-19-10-6-14/h1-4,14,17,19H,5-13H2. The van der Waals surface area contributed by atoms with Crippen molar-refractivity contribution in [2.24, 2.45) is 5.92 Å². The largest absolute Gasteiger partial charge is 0.490 e. The van der Waals surface area contributed by atoms with Crippen molar-refractivity contribution in [1.82, 2.24) is 10.2 Å². The third-order valence-corrected chi connectivity index (χ3v) is 4.88. The Labute approximate surface area is 132 Å². The summed E-state index contributed by atoms with van der Waals surface area (Å²) in [6, 6.07) is 7.71. The van der Waals surface area contributed by atoms with Crippen LogP contribution in [0.3, 0.4) is 0 Å². The summed E-state index contributed by atoms with van der Waals surface area (Å²) in [5.41, 5.74) is 0. The summed E-state index contributed by atoms with van der Waals surface area (Å²) in [5, 5.41) is 4.21. The molecular formula is C17H25ClN2O. The Hall–Kier alpha value is -0.770. The Bertz CT molecular complexity index is 423. The van der Waals surface area contributed by atoms with Crippen LogP contribution in [0, 0.1) is 5.92 Å². The predicted molar refractivity (Wildman–Crippen MR) is 87.1 cm³/mol. The molecule has 0 saturated carbocycles. The van der Waals surface area contributed by atoms with Gasteiger partial charge in [0.25, 0.3) is 0 Å². The van der Waals surface area contributed by atoms with Gasteiger partial charge in [-0.25, -0.2) is 0 Å². The summed E-state index contributed by atoms with van der Waals surface area (Å²) in [4.78, 5) is 2.62. The van der Waals surface area contributed by atoms with E-state index >= 15 is 0 Å². The van der Waals surface area contributed by atoms with Gasteiger partial charge in [-0.05, 0) is 69.0 Å². The van der Waals surface area contributed by atoms with Gasteiger partial charge in [-0.15, -0.1) is 0 Å². The minimum atomic E-state index is 0.357. The SMILES string of the molecule is Clc1ccc(OC2CCN(CC3CCNCC3)CC2)cc1. The van der Waals surface area contributed by atoms with E-state index in [1.54, 1.807) is 0 Å². The summed E-state index contributed by atoms with van der Waals surface area (Å²) >= 11 is 5.90. The highest BCUT2D eigenvalue weighted by Gasteiger charge is 2.23. The molecule has 2 saturated heterocycles. The van der Waals surface area contributed by atoms with E-state index in [-0.39, 0.29) is 0 Å². The topological polar surface area (TPSA) is 24.5 Å². The lowest BCUT2D eigenvalue weighted by atomic mass is 9.96. The van der Waals surface area contributed by atoms with Gasteiger partial charge in [0, 0.05) is 24.7 Å². The number of nitrogens with one attached hydrogen (secondary N) is 1. The second-order valence-electron chi connectivity index (χ2n) is 6.27. The average Bonchev–Trinajstić information content (AvgIpc) is 2.53. The summed E-state index contributed by atoms with van der Waals surface area (Å²) < 4.78 is 6.05. The molecule has 1 aromatic carbocycles. The number of hydrogen-bond donors (Lipinski definition) is 1.